The predicted molar refractivity (Wildman–Crippen MR) is 119 cm³/mol. The van der Waals surface area contributed by atoms with E-state index in [2.05, 4.69) is 15.5 Å². The fourth-order valence-electron chi connectivity index (χ4n) is 3.76. The Labute approximate surface area is 197 Å². The van der Waals surface area contributed by atoms with Crippen LogP contribution < -0.4 is 5.32 Å². The minimum absolute atomic E-state index is 0.00790. The van der Waals surface area contributed by atoms with Gasteiger partial charge in [-0.25, -0.2) is 8.42 Å². The molecule has 182 valence electrons. The average molecular weight is 515 g/mol. The summed E-state index contributed by atoms with van der Waals surface area (Å²) in [5.41, 5.74) is -0.868. The summed E-state index contributed by atoms with van der Waals surface area (Å²) in [6.45, 7) is 3.48. The van der Waals surface area contributed by atoms with E-state index in [9.17, 15) is 26.4 Å². The van der Waals surface area contributed by atoms with Crippen LogP contribution in [0.4, 0.5) is 18.9 Å². The van der Waals surface area contributed by atoms with Crippen molar-refractivity contribution in [2.24, 2.45) is 5.92 Å². The highest BCUT2D eigenvalue weighted by Crippen LogP contribution is 2.35. The fourth-order valence-corrected chi connectivity index (χ4v) is 6.77. The molecule has 0 bridgehead atoms. The van der Waals surface area contributed by atoms with Crippen LogP contribution in [-0.2, 0) is 21.0 Å². The summed E-state index contributed by atoms with van der Waals surface area (Å²) in [6, 6.07) is 5.83. The second kappa shape index (κ2) is 9.12. The molecule has 34 heavy (non-hydrogen) atoms. The summed E-state index contributed by atoms with van der Waals surface area (Å²) >= 11 is 1.22. The van der Waals surface area contributed by atoms with E-state index >= 15 is 0 Å². The molecule has 4 rings (SSSR count). The van der Waals surface area contributed by atoms with Crippen LogP contribution >= 0.6 is 11.3 Å². The minimum atomic E-state index is -4.53. The van der Waals surface area contributed by atoms with Gasteiger partial charge in [0.05, 0.1) is 21.3 Å². The summed E-state index contributed by atoms with van der Waals surface area (Å²) in [7, 11) is -3.91. The van der Waals surface area contributed by atoms with E-state index in [0.717, 1.165) is 12.1 Å². The molecule has 13 heteroatoms. The van der Waals surface area contributed by atoms with Gasteiger partial charge in [-0.2, -0.15) is 22.5 Å². The SMILES string of the molecule is Cc1nc(-c2cc(S(=O)(=O)N3CCCC(C(=O)Nc4cccc(C(F)(F)F)c4)C3)c(C)s2)no1. The van der Waals surface area contributed by atoms with Crippen LogP contribution in [0.15, 0.2) is 39.8 Å². The standard InChI is InChI=1S/C21H21F3N4O4S2/c1-12-18(10-17(33-12)19-25-13(2)32-27-19)34(30,31)28-8-4-5-14(11-28)20(29)26-16-7-3-6-15(9-16)21(22,23)24/h3,6-7,9-10,14H,4-5,8,11H2,1-2H3,(H,26,29). The van der Waals surface area contributed by atoms with E-state index < -0.39 is 33.6 Å². The zero-order valence-corrected chi connectivity index (χ0v) is 19.9. The first-order valence-electron chi connectivity index (χ1n) is 10.3. The van der Waals surface area contributed by atoms with Gasteiger partial charge in [-0.1, -0.05) is 11.2 Å². The van der Waals surface area contributed by atoms with Crippen LogP contribution in [0.1, 0.15) is 29.2 Å². The van der Waals surface area contributed by atoms with Gasteiger partial charge in [0.1, 0.15) is 0 Å². The summed E-state index contributed by atoms with van der Waals surface area (Å²) in [6.07, 6.45) is -3.67. The van der Waals surface area contributed by atoms with Gasteiger partial charge in [0.15, 0.2) is 0 Å². The zero-order chi connectivity index (χ0) is 24.7. The number of nitrogens with zero attached hydrogens (tertiary/aromatic N) is 3. The Morgan fingerprint density at radius 2 is 2.03 bits per heavy atom. The first kappa shape index (κ1) is 24.4. The number of benzene rings is 1. The molecule has 1 fully saturated rings. The maximum atomic E-state index is 13.4. The van der Waals surface area contributed by atoms with Crippen LogP contribution in [0.5, 0.6) is 0 Å². The van der Waals surface area contributed by atoms with Crippen molar-refractivity contribution in [2.45, 2.75) is 37.8 Å². The van der Waals surface area contributed by atoms with E-state index in [1.165, 1.54) is 33.8 Å². The number of aryl methyl sites for hydroxylation is 2. The predicted octanol–water partition coefficient (Wildman–Crippen LogP) is 4.47. The highest BCUT2D eigenvalue weighted by atomic mass is 32.2. The Bertz CT molecular complexity index is 1320. The van der Waals surface area contributed by atoms with E-state index in [1.54, 1.807) is 13.8 Å². The van der Waals surface area contributed by atoms with E-state index in [1.807, 2.05) is 0 Å². The molecular formula is C21H21F3N4O4S2. The number of halogens is 3. The van der Waals surface area contributed by atoms with Gasteiger partial charge < -0.3 is 9.84 Å². The average Bonchev–Trinajstić information content (AvgIpc) is 3.39. The second-order valence-corrected chi connectivity index (χ2v) is 11.1. The Morgan fingerprint density at radius 3 is 2.71 bits per heavy atom. The number of sulfonamides is 1. The molecule has 1 unspecified atom stereocenters. The number of hydrogen-bond acceptors (Lipinski definition) is 7. The first-order chi connectivity index (χ1) is 15.9. The van der Waals surface area contributed by atoms with E-state index in [0.29, 0.717) is 34.3 Å². The molecule has 3 heterocycles. The molecule has 8 nitrogen and oxygen atoms in total. The molecule has 0 radical (unpaired) electrons. The monoisotopic (exact) mass is 514 g/mol. The lowest BCUT2D eigenvalue weighted by atomic mass is 9.98. The van der Waals surface area contributed by atoms with Crippen LogP contribution in [-0.4, -0.2) is 41.9 Å². The van der Waals surface area contributed by atoms with Gasteiger partial charge in [0.2, 0.25) is 27.6 Å². The molecule has 0 spiro atoms. The molecular weight excluding hydrogens is 493 g/mol. The number of carbonyl (C=O) groups excluding carboxylic acids is 1. The topological polar surface area (TPSA) is 105 Å². The second-order valence-electron chi connectivity index (χ2n) is 7.94. The van der Waals surface area contributed by atoms with Crippen molar-refractivity contribution in [2.75, 3.05) is 18.4 Å². The smallest absolute Gasteiger partial charge is 0.339 e. The number of nitrogens with one attached hydrogen (secondary N) is 1. The third kappa shape index (κ3) is 5.00. The van der Waals surface area contributed by atoms with Crippen molar-refractivity contribution in [3.05, 3.63) is 46.7 Å². The number of anilines is 1. The summed E-state index contributed by atoms with van der Waals surface area (Å²) in [5, 5.41) is 6.31. The maximum absolute atomic E-state index is 13.4. The maximum Gasteiger partial charge on any atom is 0.416 e. The Morgan fingerprint density at radius 1 is 1.26 bits per heavy atom. The summed E-state index contributed by atoms with van der Waals surface area (Å²) in [5.74, 6) is -0.569. The number of hydrogen-bond donors (Lipinski definition) is 1. The zero-order valence-electron chi connectivity index (χ0n) is 18.2. The normalized spacial score (nSPS) is 17.6. The molecule has 1 saturated heterocycles. The highest BCUT2D eigenvalue weighted by molar-refractivity contribution is 7.89. The molecule has 0 saturated carbocycles. The third-order valence-corrected chi connectivity index (χ3v) is 8.62. The lowest BCUT2D eigenvalue weighted by Gasteiger charge is -2.31. The number of carbonyl (C=O) groups is 1. The number of piperidine rings is 1. The molecule has 0 aliphatic carbocycles. The lowest BCUT2D eigenvalue weighted by Crippen LogP contribution is -2.43. The molecule has 1 aliphatic heterocycles. The van der Waals surface area contributed by atoms with Gasteiger partial charge in [-0.15, -0.1) is 11.3 Å². The molecule has 1 atom stereocenters. The van der Waals surface area contributed by atoms with Crippen LogP contribution in [0.2, 0.25) is 0 Å². The lowest BCUT2D eigenvalue weighted by molar-refractivity contribution is -0.137. The van der Waals surface area contributed by atoms with Gasteiger partial charge >= 0.3 is 6.18 Å². The van der Waals surface area contributed by atoms with Crippen molar-refractivity contribution in [3.8, 4) is 10.7 Å². The van der Waals surface area contributed by atoms with E-state index in [-0.39, 0.29) is 23.7 Å². The van der Waals surface area contributed by atoms with Crippen molar-refractivity contribution in [1.29, 1.82) is 0 Å². The van der Waals surface area contributed by atoms with Crippen molar-refractivity contribution < 1.29 is 30.9 Å². The van der Waals surface area contributed by atoms with Gasteiger partial charge in [0, 0.05) is 30.6 Å². The van der Waals surface area contributed by atoms with Gasteiger partial charge in [0.25, 0.3) is 0 Å². The number of alkyl halides is 3. The van der Waals surface area contributed by atoms with Crippen molar-refractivity contribution in [3.63, 3.8) is 0 Å². The Kier molecular flexibility index (Phi) is 6.53. The summed E-state index contributed by atoms with van der Waals surface area (Å²) < 4.78 is 71.8. The third-order valence-electron chi connectivity index (χ3n) is 5.45. The largest absolute Gasteiger partial charge is 0.416 e. The van der Waals surface area contributed by atoms with Gasteiger partial charge in [-0.05, 0) is 44.0 Å². The van der Waals surface area contributed by atoms with Crippen LogP contribution in [0.25, 0.3) is 10.7 Å². The Balaban J connectivity index is 1.50. The number of thiophene rings is 1. The minimum Gasteiger partial charge on any atom is -0.339 e. The van der Waals surface area contributed by atoms with Gasteiger partial charge in [-0.3, -0.25) is 4.79 Å². The number of aromatic nitrogens is 2. The molecule has 3 aromatic rings. The fraction of sp³-hybridized carbons (Fsp3) is 0.381. The van der Waals surface area contributed by atoms with Crippen molar-refractivity contribution in [1.82, 2.24) is 14.4 Å². The Hall–Kier alpha value is -2.77. The highest BCUT2D eigenvalue weighted by Gasteiger charge is 2.35. The molecule has 2 aromatic heterocycles. The quantitative estimate of drug-likeness (QED) is 0.539. The first-order valence-corrected chi connectivity index (χ1v) is 12.6. The molecule has 1 N–H and O–H groups in total. The molecule has 1 amide bonds. The molecule has 1 aliphatic rings. The van der Waals surface area contributed by atoms with Crippen molar-refractivity contribution >= 4 is 33.0 Å². The summed E-state index contributed by atoms with van der Waals surface area (Å²) in [4.78, 5) is 18.1. The van der Waals surface area contributed by atoms with E-state index in [4.69, 9.17) is 4.52 Å². The number of rotatable bonds is 5. The molecule has 1 aromatic carbocycles. The van der Waals surface area contributed by atoms with Crippen LogP contribution in [0.3, 0.4) is 0 Å². The number of amides is 1. The van der Waals surface area contributed by atoms with Crippen LogP contribution in [0, 0.1) is 19.8 Å².